The first-order chi connectivity index (χ1) is 12.9. The van der Waals surface area contributed by atoms with E-state index >= 15 is 0 Å². The molecule has 8 nitrogen and oxygen atoms in total. The van der Waals surface area contributed by atoms with Crippen LogP contribution in [0.1, 0.15) is 30.6 Å². The molecule has 0 aliphatic rings. The lowest BCUT2D eigenvalue weighted by Crippen LogP contribution is -2.32. The first-order valence-corrected chi connectivity index (χ1v) is 8.52. The van der Waals surface area contributed by atoms with Gasteiger partial charge in [-0.1, -0.05) is 31.2 Å². The maximum atomic E-state index is 12.4. The second-order valence-electron chi connectivity index (χ2n) is 5.78. The maximum absolute atomic E-state index is 12.4. The summed E-state index contributed by atoms with van der Waals surface area (Å²) in [5.41, 5.74) is 0.447. The predicted molar refractivity (Wildman–Crippen MR) is 101 cm³/mol. The van der Waals surface area contributed by atoms with E-state index in [4.69, 9.17) is 4.74 Å². The van der Waals surface area contributed by atoms with E-state index in [1.807, 2.05) is 6.92 Å². The van der Waals surface area contributed by atoms with Gasteiger partial charge in [0.2, 0.25) is 0 Å². The number of anilines is 1. The molecule has 0 spiro atoms. The Morgan fingerprint density at radius 2 is 1.81 bits per heavy atom. The van der Waals surface area contributed by atoms with E-state index in [2.05, 4.69) is 10.6 Å². The van der Waals surface area contributed by atoms with Gasteiger partial charge in [0, 0.05) is 12.6 Å². The molecular weight excluding hydrogens is 350 g/mol. The van der Waals surface area contributed by atoms with Crippen molar-refractivity contribution in [2.45, 2.75) is 26.4 Å². The van der Waals surface area contributed by atoms with Gasteiger partial charge in [0.15, 0.2) is 11.9 Å². The molecular formula is C19H21N3O5. The topological polar surface area (TPSA) is 111 Å². The molecule has 142 valence electrons. The molecule has 2 N–H and O–H groups in total. The highest BCUT2D eigenvalue weighted by atomic mass is 16.6. The summed E-state index contributed by atoms with van der Waals surface area (Å²) < 4.78 is 5.45. The molecule has 0 bridgehead atoms. The van der Waals surface area contributed by atoms with Gasteiger partial charge in [-0.3, -0.25) is 19.7 Å². The number of para-hydroxylation sites is 3. The molecule has 0 aliphatic heterocycles. The molecule has 0 radical (unpaired) electrons. The van der Waals surface area contributed by atoms with E-state index in [1.165, 1.54) is 25.1 Å². The average Bonchev–Trinajstić information content (AvgIpc) is 2.66. The number of nitro benzene ring substituents is 1. The minimum Gasteiger partial charge on any atom is -0.474 e. The average molecular weight is 371 g/mol. The number of nitro groups is 1. The number of carbonyl (C=O) groups excluding carboxylic acids is 2. The number of hydrogen-bond donors (Lipinski definition) is 2. The number of nitrogens with one attached hydrogen (secondary N) is 2. The van der Waals surface area contributed by atoms with Gasteiger partial charge in [0.25, 0.3) is 11.8 Å². The maximum Gasteiger partial charge on any atom is 0.310 e. The fourth-order valence-corrected chi connectivity index (χ4v) is 2.31. The zero-order valence-electron chi connectivity index (χ0n) is 15.1. The van der Waals surface area contributed by atoms with Gasteiger partial charge in [-0.2, -0.15) is 0 Å². The van der Waals surface area contributed by atoms with E-state index in [-0.39, 0.29) is 17.3 Å². The van der Waals surface area contributed by atoms with Crippen molar-refractivity contribution in [1.29, 1.82) is 0 Å². The van der Waals surface area contributed by atoms with Crippen LogP contribution in [0.3, 0.4) is 0 Å². The van der Waals surface area contributed by atoms with E-state index < -0.39 is 16.9 Å². The smallest absolute Gasteiger partial charge is 0.310 e. The van der Waals surface area contributed by atoms with Crippen molar-refractivity contribution in [3.63, 3.8) is 0 Å². The van der Waals surface area contributed by atoms with Gasteiger partial charge < -0.3 is 15.4 Å². The SMILES string of the molecule is CCCNC(=O)c1ccccc1NC(=O)[C@H](C)Oc1ccccc1[N+](=O)[O-]. The van der Waals surface area contributed by atoms with Crippen LogP contribution in [0.2, 0.25) is 0 Å². The monoisotopic (exact) mass is 371 g/mol. The Kier molecular flexibility index (Phi) is 6.87. The summed E-state index contributed by atoms with van der Waals surface area (Å²) in [7, 11) is 0. The third-order valence-electron chi connectivity index (χ3n) is 3.70. The summed E-state index contributed by atoms with van der Waals surface area (Å²) in [6.07, 6.45) is -0.209. The van der Waals surface area contributed by atoms with Crippen LogP contribution in [0.4, 0.5) is 11.4 Å². The molecule has 0 heterocycles. The van der Waals surface area contributed by atoms with Crippen molar-refractivity contribution in [3.8, 4) is 5.75 Å². The van der Waals surface area contributed by atoms with Crippen LogP contribution in [0.25, 0.3) is 0 Å². The van der Waals surface area contributed by atoms with E-state index in [1.54, 1.807) is 30.3 Å². The molecule has 2 aromatic carbocycles. The number of ether oxygens (including phenoxy) is 1. The highest BCUT2D eigenvalue weighted by Gasteiger charge is 2.22. The molecule has 0 unspecified atom stereocenters. The zero-order chi connectivity index (χ0) is 19.8. The quantitative estimate of drug-likeness (QED) is 0.547. The predicted octanol–water partition coefficient (Wildman–Crippen LogP) is 3.14. The second-order valence-corrected chi connectivity index (χ2v) is 5.78. The number of amides is 2. The summed E-state index contributed by atoms with van der Waals surface area (Å²) in [6, 6.07) is 12.4. The first-order valence-electron chi connectivity index (χ1n) is 8.52. The Morgan fingerprint density at radius 1 is 1.15 bits per heavy atom. The van der Waals surface area contributed by atoms with Crippen LogP contribution in [-0.2, 0) is 4.79 Å². The Balaban J connectivity index is 2.11. The van der Waals surface area contributed by atoms with Gasteiger partial charge >= 0.3 is 5.69 Å². The lowest BCUT2D eigenvalue weighted by molar-refractivity contribution is -0.386. The van der Waals surface area contributed by atoms with E-state index in [0.717, 1.165) is 6.42 Å². The molecule has 8 heteroatoms. The summed E-state index contributed by atoms with van der Waals surface area (Å²) in [5.74, 6) is -0.817. The number of hydrogen-bond acceptors (Lipinski definition) is 5. The van der Waals surface area contributed by atoms with E-state index in [0.29, 0.717) is 17.8 Å². The van der Waals surface area contributed by atoms with Gasteiger partial charge in [0.05, 0.1) is 16.2 Å². The molecule has 0 aromatic heterocycles. The van der Waals surface area contributed by atoms with Crippen molar-refractivity contribution >= 4 is 23.2 Å². The Bertz CT molecular complexity index is 838. The van der Waals surface area contributed by atoms with Gasteiger partial charge in [0.1, 0.15) is 0 Å². The molecule has 2 rings (SSSR count). The van der Waals surface area contributed by atoms with Crippen LogP contribution in [0.5, 0.6) is 5.75 Å². The van der Waals surface area contributed by atoms with E-state index in [9.17, 15) is 19.7 Å². The molecule has 0 saturated heterocycles. The van der Waals surface area contributed by atoms with Crippen molar-refractivity contribution in [3.05, 3.63) is 64.2 Å². The number of rotatable bonds is 8. The standard InChI is InChI=1S/C19H21N3O5/c1-3-12-20-19(24)14-8-4-5-9-15(14)21-18(23)13(2)27-17-11-7-6-10-16(17)22(25)26/h4-11,13H,3,12H2,1-2H3,(H,20,24)(H,21,23)/t13-/m0/s1. The highest BCUT2D eigenvalue weighted by Crippen LogP contribution is 2.27. The summed E-state index contributed by atoms with van der Waals surface area (Å²) in [4.78, 5) is 35.1. The lowest BCUT2D eigenvalue weighted by atomic mass is 10.1. The van der Waals surface area contributed by atoms with Crippen molar-refractivity contribution in [2.24, 2.45) is 0 Å². The minimum absolute atomic E-state index is 0.000811. The Labute approximate surface area is 156 Å². The molecule has 2 aromatic rings. The fraction of sp³-hybridized carbons (Fsp3) is 0.263. The molecule has 0 fully saturated rings. The lowest BCUT2D eigenvalue weighted by Gasteiger charge is -2.16. The highest BCUT2D eigenvalue weighted by molar-refractivity contribution is 6.04. The fourth-order valence-electron chi connectivity index (χ4n) is 2.31. The number of benzene rings is 2. The third kappa shape index (κ3) is 5.27. The van der Waals surface area contributed by atoms with Crippen LogP contribution in [0, 0.1) is 10.1 Å². The molecule has 2 amide bonds. The van der Waals surface area contributed by atoms with Crippen LogP contribution < -0.4 is 15.4 Å². The van der Waals surface area contributed by atoms with Crippen LogP contribution >= 0.6 is 0 Å². The second kappa shape index (κ2) is 9.33. The summed E-state index contributed by atoms with van der Waals surface area (Å²) in [5, 5.41) is 16.4. The summed E-state index contributed by atoms with van der Waals surface area (Å²) in [6.45, 7) is 3.94. The summed E-state index contributed by atoms with van der Waals surface area (Å²) >= 11 is 0. The largest absolute Gasteiger partial charge is 0.474 e. The minimum atomic E-state index is -1.00. The van der Waals surface area contributed by atoms with Gasteiger partial charge in [-0.15, -0.1) is 0 Å². The van der Waals surface area contributed by atoms with Crippen LogP contribution in [0.15, 0.2) is 48.5 Å². The Morgan fingerprint density at radius 3 is 2.52 bits per heavy atom. The van der Waals surface area contributed by atoms with Crippen molar-refractivity contribution in [1.82, 2.24) is 5.32 Å². The van der Waals surface area contributed by atoms with Gasteiger partial charge in [-0.05, 0) is 31.5 Å². The van der Waals surface area contributed by atoms with Crippen molar-refractivity contribution < 1.29 is 19.2 Å². The number of carbonyl (C=O) groups is 2. The van der Waals surface area contributed by atoms with Crippen LogP contribution in [-0.4, -0.2) is 29.4 Å². The third-order valence-corrected chi connectivity index (χ3v) is 3.70. The molecule has 0 saturated carbocycles. The van der Waals surface area contributed by atoms with Crippen molar-refractivity contribution in [2.75, 3.05) is 11.9 Å². The first kappa shape index (κ1) is 19.9. The zero-order valence-corrected chi connectivity index (χ0v) is 15.1. The number of nitrogens with zero attached hydrogens (tertiary/aromatic N) is 1. The molecule has 1 atom stereocenters. The molecule has 0 aliphatic carbocycles. The normalized spacial score (nSPS) is 11.3. The van der Waals surface area contributed by atoms with Gasteiger partial charge in [-0.25, -0.2) is 0 Å². The Hall–Kier alpha value is -3.42. The molecule has 27 heavy (non-hydrogen) atoms.